The van der Waals surface area contributed by atoms with Gasteiger partial charge in [-0.15, -0.1) is 0 Å². The minimum absolute atomic E-state index is 0.151. The minimum atomic E-state index is -0.421. The van der Waals surface area contributed by atoms with Crippen molar-refractivity contribution in [3.8, 4) is 0 Å². The number of likely N-dealkylation sites (tertiary alicyclic amines) is 2. The van der Waals surface area contributed by atoms with Crippen LogP contribution in [0.2, 0.25) is 5.02 Å². The van der Waals surface area contributed by atoms with Crippen LogP contribution in [-0.2, 0) is 9.53 Å². The number of amides is 3. The van der Waals surface area contributed by atoms with Gasteiger partial charge in [0.2, 0.25) is 5.91 Å². The highest BCUT2D eigenvalue weighted by Crippen LogP contribution is 2.40. The number of halogens is 1. The van der Waals surface area contributed by atoms with E-state index in [0.29, 0.717) is 37.0 Å². The van der Waals surface area contributed by atoms with Crippen molar-refractivity contribution in [2.45, 2.75) is 19.8 Å². The summed E-state index contributed by atoms with van der Waals surface area (Å²) in [5, 5.41) is 3.50. The van der Waals surface area contributed by atoms with Crippen LogP contribution >= 0.6 is 11.6 Å². The van der Waals surface area contributed by atoms with Crippen LogP contribution in [0, 0.1) is 12.3 Å². The number of nitrogens with zero attached hydrogens (tertiary/aromatic N) is 2. The van der Waals surface area contributed by atoms with E-state index in [4.69, 9.17) is 16.3 Å². The van der Waals surface area contributed by atoms with Crippen LogP contribution in [0.5, 0.6) is 0 Å². The molecule has 3 amide bonds. The van der Waals surface area contributed by atoms with Gasteiger partial charge in [0.25, 0.3) is 0 Å². The lowest BCUT2D eigenvalue weighted by Gasteiger charge is -2.23. The van der Waals surface area contributed by atoms with E-state index in [9.17, 15) is 9.59 Å². The summed E-state index contributed by atoms with van der Waals surface area (Å²) in [4.78, 5) is 28.9. The Hall–Kier alpha value is -1.79. The fraction of sp³-hybridized carbons (Fsp3) is 0.556. The van der Waals surface area contributed by atoms with Crippen LogP contribution in [0.15, 0.2) is 18.2 Å². The van der Waals surface area contributed by atoms with Crippen molar-refractivity contribution in [3.63, 3.8) is 0 Å². The number of hydrogen-bond acceptors (Lipinski definition) is 3. The van der Waals surface area contributed by atoms with E-state index in [1.807, 2.05) is 24.0 Å². The van der Waals surface area contributed by atoms with Gasteiger partial charge >= 0.3 is 6.03 Å². The van der Waals surface area contributed by atoms with Crippen LogP contribution in [0.3, 0.4) is 0 Å². The second-order valence-corrected chi connectivity index (χ2v) is 7.29. The number of benzene rings is 1. The molecule has 2 fully saturated rings. The van der Waals surface area contributed by atoms with E-state index in [-0.39, 0.29) is 11.9 Å². The zero-order valence-electron chi connectivity index (χ0n) is 14.7. The van der Waals surface area contributed by atoms with Gasteiger partial charge in [0.05, 0.1) is 12.0 Å². The normalized spacial score (nSPS) is 22.9. The van der Waals surface area contributed by atoms with Gasteiger partial charge in [-0.05, 0) is 37.5 Å². The van der Waals surface area contributed by atoms with Crippen LogP contribution < -0.4 is 5.32 Å². The van der Waals surface area contributed by atoms with Crippen molar-refractivity contribution in [2.24, 2.45) is 5.41 Å². The third-order valence-electron chi connectivity index (χ3n) is 5.23. The molecule has 25 heavy (non-hydrogen) atoms. The molecule has 6 nitrogen and oxygen atoms in total. The zero-order chi connectivity index (χ0) is 18.0. The number of aryl methyl sites for hydroxylation is 1. The molecule has 0 radical (unpaired) electrons. The summed E-state index contributed by atoms with van der Waals surface area (Å²) < 4.78 is 5.07. The zero-order valence-corrected chi connectivity index (χ0v) is 15.4. The molecule has 2 saturated heterocycles. The summed E-state index contributed by atoms with van der Waals surface area (Å²) in [6, 6.07) is 5.27. The first-order chi connectivity index (χ1) is 11.9. The monoisotopic (exact) mass is 365 g/mol. The maximum atomic E-state index is 12.7. The molecule has 1 aromatic carbocycles. The van der Waals surface area contributed by atoms with Crippen LogP contribution in [0.1, 0.15) is 18.4 Å². The van der Waals surface area contributed by atoms with Gasteiger partial charge in [-0.1, -0.05) is 17.7 Å². The van der Waals surface area contributed by atoms with E-state index >= 15 is 0 Å². The third-order valence-corrected chi connectivity index (χ3v) is 5.64. The number of carbonyl (C=O) groups is 2. The molecule has 1 spiro atoms. The number of rotatable bonds is 4. The van der Waals surface area contributed by atoms with Gasteiger partial charge in [0.15, 0.2) is 0 Å². The van der Waals surface area contributed by atoms with Crippen LogP contribution in [-0.4, -0.2) is 61.6 Å². The Morgan fingerprint density at radius 3 is 2.84 bits per heavy atom. The van der Waals surface area contributed by atoms with Crippen molar-refractivity contribution in [3.05, 3.63) is 28.8 Å². The van der Waals surface area contributed by atoms with E-state index in [1.165, 1.54) is 0 Å². The van der Waals surface area contributed by atoms with Crippen LogP contribution in [0.25, 0.3) is 0 Å². The van der Waals surface area contributed by atoms with E-state index in [1.54, 1.807) is 18.1 Å². The van der Waals surface area contributed by atoms with Gasteiger partial charge < -0.3 is 19.9 Å². The Morgan fingerprint density at radius 2 is 2.12 bits per heavy atom. The number of hydrogen-bond donors (Lipinski definition) is 1. The molecular formula is C18H24ClN3O3. The van der Waals surface area contributed by atoms with E-state index in [0.717, 1.165) is 24.9 Å². The summed E-state index contributed by atoms with van der Waals surface area (Å²) in [7, 11) is 1.63. The molecule has 2 aliphatic rings. The SMILES string of the molecule is COCCN1CCC2(CCN(C(=O)Nc3ccc(C)c(Cl)c3)C2)C1=O. The second kappa shape index (κ2) is 7.22. The fourth-order valence-electron chi connectivity index (χ4n) is 3.61. The lowest BCUT2D eigenvalue weighted by Crippen LogP contribution is -2.40. The predicted molar refractivity (Wildman–Crippen MR) is 96.9 cm³/mol. The molecule has 0 aromatic heterocycles. The Labute approximate surface area is 153 Å². The largest absolute Gasteiger partial charge is 0.383 e. The minimum Gasteiger partial charge on any atom is -0.383 e. The Balaban J connectivity index is 1.61. The van der Waals surface area contributed by atoms with Crippen LogP contribution in [0.4, 0.5) is 10.5 Å². The van der Waals surface area contributed by atoms with Crippen molar-refractivity contribution in [1.29, 1.82) is 0 Å². The van der Waals surface area contributed by atoms with Gasteiger partial charge in [-0.3, -0.25) is 4.79 Å². The molecule has 0 aliphatic carbocycles. The standard InChI is InChI=1S/C18H24ClN3O3/c1-13-3-4-14(11-15(13)19)20-17(24)22-8-6-18(12-22)5-7-21(16(18)23)9-10-25-2/h3-4,11H,5-10,12H2,1-2H3,(H,20,24). The Bertz CT molecular complexity index is 682. The quantitative estimate of drug-likeness (QED) is 0.892. The van der Waals surface area contributed by atoms with Gasteiger partial charge in [-0.25, -0.2) is 4.79 Å². The second-order valence-electron chi connectivity index (χ2n) is 6.88. The number of methoxy groups -OCH3 is 1. The van der Waals surface area contributed by atoms with Gasteiger partial charge in [0, 0.05) is 44.0 Å². The third kappa shape index (κ3) is 3.60. The molecule has 1 unspecified atom stereocenters. The number of urea groups is 1. The van der Waals surface area contributed by atoms with Gasteiger partial charge in [0.1, 0.15) is 0 Å². The molecule has 136 valence electrons. The van der Waals surface area contributed by atoms with Crippen molar-refractivity contribution in [1.82, 2.24) is 9.80 Å². The van der Waals surface area contributed by atoms with Crippen molar-refractivity contribution < 1.29 is 14.3 Å². The summed E-state index contributed by atoms with van der Waals surface area (Å²) in [5.41, 5.74) is 1.21. The summed E-state index contributed by atoms with van der Waals surface area (Å²) in [6.45, 7) is 4.88. The summed E-state index contributed by atoms with van der Waals surface area (Å²) >= 11 is 6.11. The number of carbonyl (C=O) groups excluding carboxylic acids is 2. The molecule has 1 atom stereocenters. The highest BCUT2D eigenvalue weighted by Gasteiger charge is 2.51. The molecule has 1 aromatic rings. The topological polar surface area (TPSA) is 61.9 Å². The molecule has 7 heteroatoms. The van der Waals surface area contributed by atoms with E-state index in [2.05, 4.69) is 5.32 Å². The van der Waals surface area contributed by atoms with Gasteiger partial charge in [-0.2, -0.15) is 0 Å². The highest BCUT2D eigenvalue weighted by molar-refractivity contribution is 6.31. The summed E-state index contributed by atoms with van der Waals surface area (Å²) in [6.07, 6.45) is 1.52. The fourth-order valence-corrected chi connectivity index (χ4v) is 3.79. The van der Waals surface area contributed by atoms with E-state index < -0.39 is 5.41 Å². The lowest BCUT2D eigenvalue weighted by atomic mass is 9.85. The summed E-state index contributed by atoms with van der Waals surface area (Å²) in [5.74, 6) is 0.151. The number of nitrogens with one attached hydrogen (secondary N) is 1. The van der Waals surface area contributed by atoms with Crippen molar-refractivity contribution in [2.75, 3.05) is 45.2 Å². The average Bonchev–Trinajstić information content (AvgIpc) is 3.15. The average molecular weight is 366 g/mol. The smallest absolute Gasteiger partial charge is 0.321 e. The molecule has 0 saturated carbocycles. The highest BCUT2D eigenvalue weighted by atomic mass is 35.5. The first-order valence-corrected chi connectivity index (χ1v) is 8.93. The number of ether oxygens (including phenoxy) is 1. The predicted octanol–water partition coefficient (Wildman–Crippen LogP) is 2.75. The van der Waals surface area contributed by atoms with Crippen molar-refractivity contribution >= 4 is 29.2 Å². The first-order valence-electron chi connectivity index (χ1n) is 8.55. The maximum absolute atomic E-state index is 12.7. The molecule has 2 aliphatic heterocycles. The molecule has 3 rings (SSSR count). The molecular weight excluding hydrogens is 342 g/mol. The Kier molecular flexibility index (Phi) is 5.20. The molecule has 0 bridgehead atoms. The Morgan fingerprint density at radius 1 is 1.36 bits per heavy atom. The number of anilines is 1. The first kappa shape index (κ1) is 18.0. The molecule has 1 N–H and O–H groups in total. The maximum Gasteiger partial charge on any atom is 0.321 e. The lowest BCUT2D eigenvalue weighted by molar-refractivity contribution is -0.135. The molecule has 2 heterocycles.